The van der Waals surface area contributed by atoms with Crippen molar-refractivity contribution in [3.63, 3.8) is 0 Å². The molecule has 2 bridgehead atoms. The Bertz CT molecular complexity index is 891. The standard InChI is InChI=1S/C22H26N2O2S/c25-21(23-20-14-7-11-24(12-8-14)22(20)9-10-22)18-13-15-3-1-6-17(19(15)27-18)26-16-4-2-5-16/h1,3,6,13-14,16,20H,2,4-5,7-12H2,(H,23,25)/t20-/m0/s1. The maximum atomic E-state index is 13.1. The van der Waals surface area contributed by atoms with Crippen LogP contribution in [0.15, 0.2) is 24.3 Å². The predicted octanol–water partition coefficient (Wildman–Crippen LogP) is 4.19. The second-order valence-electron chi connectivity index (χ2n) is 8.84. The molecule has 142 valence electrons. The van der Waals surface area contributed by atoms with Crippen molar-refractivity contribution >= 4 is 27.3 Å². The van der Waals surface area contributed by atoms with Gasteiger partial charge >= 0.3 is 0 Å². The Hall–Kier alpha value is -1.59. The van der Waals surface area contributed by atoms with E-state index in [4.69, 9.17) is 4.74 Å². The number of carbonyl (C=O) groups excluding carboxylic acids is 1. The summed E-state index contributed by atoms with van der Waals surface area (Å²) < 4.78 is 7.28. The van der Waals surface area contributed by atoms with Crippen LogP contribution < -0.4 is 10.1 Å². The van der Waals surface area contributed by atoms with E-state index < -0.39 is 0 Å². The van der Waals surface area contributed by atoms with E-state index in [0.717, 1.165) is 33.6 Å². The van der Waals surface area contributed by atoms with Crippen LogP contribution in [0.2, 0.25) is 0 Å². The van der Waals surface area contributed by atoms with Crippen LogP contribution in [-0.2, 0) is 0 Å². The molecule has 1 N–H and O–H groups in total. The zero-order valence-corrected chi connectivity index (χ0v) is 16.4. The van der Waals surface area contributed by atoms with Crippen molar-refractivity contribution in [2.24, 2.45) is 5.92 Å². The van der Waals surface area contributed by atoms with E-state index in [1.165, 1.54) is 45.2 Å². The zero-order chi connectivity index (χ0) is 18.0. The minimum absolute atomic E-state index is 0.107. The van der Waals surface area contributed by atoms with Crippen LogP contribution in [0.25, 0.3) is 10.1 Å². The third-order valence-electron chi connectivity index (χ3n) is 7.35. The van der Waals surface area contributed by atoms with Gasteiger partial charge in [-0.25, -0.2) is 0 Å². The molecule has 7 rings (SSSR count). The van der Waals surface area contributed by atoms with Gasteiger partial charge in [0.05, 0.1) is 21.7 Å². The molecular weight excluding hydrogens is 356 g/mol. The van der Waals surface area contributed by atoms with Crippen molar-refractivity contribution in [1.82, 2.24) is 10.2 Å². The molecule has 0 radical (unpaired) electrons. The van der Waals surface area contributed by atoms with Crippen LogP contribution in [0.1, 0.15) is 54.6 Å². The summed E-state index contributed by atoms with van der Waals surface area (Å²) in [6.07, 6.45) is 8.89. The van der Waals surface area contributed by atoms with Crippen molar-refractivity contribution < 1.29 is 9.53 Å². The molecule has 4 nitrogen and oxygen atoms in total. The van der Waals surface area contributed by atoms with Gasteiger partial charge in [-0.2, -0.15) is 0 Å². The smallest absolute Gasteiger partial charge is 0.261 e. The number of thiophene rings is 1. The van der Waals surface area contributed by atoms with Gasteiger partial charge in [0.25, 0.3) is 5.91 Å². The van der Waals surface area contributed by atoms with Gasteiger partial charge in [-0.05, 0) is 81.5 Å². The summed E-state index contributed by atoms with van der Waals surface area (Å²) in [7, 11) is 0. The molecule has 3 saturated heterocycles. The van der Waals surface area contributed by atoms with E-state index in [2.05, 4.69) is 16.3 Å². The van der Waals surface area contributed by atoms with Crippen LogP contribution >= 0.6 is 11.3 Å². The predicted molar refractivity (Wildman–Crippen MR) is 108 cm³/mol. The van der Waals surface area contributed by atoms with Crippen molar-refractivity contribution in [3.8, 4) is 5.75 Å². The van der Waals surface area contributed by atoms with Crippen LogP contribution in [0.3, 0.4) is 0 Å². The van der Waals surface area contributed by atoms with E-state index in [1.807, 2.05) is 18.2 Å². The number of amides is 1. The molecule has 2 saturated carbocycles. The Morgan fingerprint density at radius 2 is 2.00 bits per heavy atom. The average molecular weight is 383 g/mol. The van der Waals surface area contributed by atoms with Gasteiger partial charge in [-0.1, -0.05) is 12.1 Å². The van der Waals surface area contributed by atoms with Gasteiger partial charge in [-0.15, -0.1) is 11.3 Å². The third kappa shape index (κ3) is 2.54. The van der Waals surface area contributed by atoms with Gasteiger partial charge in [0.15, 0.2) is 0 Å². The molecule has 5 fully saturated rings. The summed E-state index contributed by atoms with van der Waals surface area (Å²) in [5.74, 6) is 1.71. The minimum atomic E-state index is 0.107. The van der Waals surface area contributed by atoms with Crippen molar-refractivity contribution in [1.29, 1.82) is 0 Å². The minimum Gasteiger partial charge on any atom is -0.489 e. The molecule has 1 aromatic carbocycles. The lowest BCUT2D eigenvalue weighted by molar-refractivity contribution is -0.00138. The fraction of sp³-hybridized carbons (Fsp3) is 0.591. The molecule has 1 atom stereocenters. The molecule has 5 heteroatoms. The average Bonchev–Trinajstić information content (AvgIpc) is 3.30. The first kappa shape index (κ1) is 16.4. The van der Waals surface area contributed by atoms with Crippen molar-refractivity contribution in [2.75, 3.05) is 13.1 Å². The van der Waals surface area contributed by atoms with Crippen LogP contribution in [-0.4, -0.2) is 41.6 Å². The number of hydrogen-bond donors (Lipinski definition) is 1. The highest BCUT2D eigenvalue weighted by Crippen LogP contribution is 2.53. The normalized spacial score (nSPS) is 31.0. The summed E-state index contributed by atoms with van der Waals surface area (Å²) in [5, 5.41) is 4.57. The first-order chi connectivity index (χ1) is 13.2. The van der Waals surface area contributed by atoms with Gasteiger partial charge in [0, 0.05) is 5.54 Å². The summed E-state index contributed by atoms with van der Waals surface area (Å²) >= 11 is 1.59. The monoisotopic (exact) mass is 382 g/mol. The summed E-state index contributed by atoms with van der Waals surface area (Å²) in [5.41, 5.74) is 0.284. The molecule has 2 aromatic rings. The number of nitrogens with zero attached hydrogens (tertiary/aromatic N) is 1. The molecule has 0 unspecified atom stereocenters. The topological polar surface area (TPSA) is 41.6 Å². The van der Waals surface area contributed by atoms with E-state index in [-0.39, 0.29) is 11.4 Å². The lowest BCUT2D eigenvalue weighted by Gasteiger charge is -2.52. The summed E-state index contributed by atoms with van der Waals surface area (Å²) in [4.78, 5) is 16.6. The highest BCUT2D eigenvalue weighted by Gasteiger charge is 2.60. The first-order valence-electron chi connectivity index (χ1n) is 10.5. The molecule has 5 aliphatic rings. The maximum Gasteiger partial charge on any atom is 0.261 e. The highest BCUT2D eigenvalue weighted by atomic mass is 32.1. The molecular formula is C22H26N2O2S. The first-order valence-corrected chi connectivity index (χ1v) is 11.3. The lowest BCUT2D eigenvalue weighted by atomic mass is 9.77. The summed E-state index contributed by atoms with van der Waals surface area (Å²) in [6, 6.07) is 8.56. The largest absolute Gasteiger partial charge is 0.489 e. The second-order valence-corrected chi connectivity index (χ2v) is 9.89. The zero-order valence-electron chi connectivity index (χ0n) is 15.6. The number of hydrogen-bond acceptors (Lipinski definition) is 4. The van der Waals surface area contributed by atoms with Crippen LogP contribution in [0, 0.1) is 5.92 Å². The van der Waals surface area contributed by atoms with Gasteiger partial charge in [0.2, 0.25) is 0 Å². The number of rotatable bonds is 4. The molecule has 27 heavy (non-hydrogen) atoms. The van der Waals surface area contributed by atoms with E-state index in [1.54, 1.807) is 11.3 Å². The Balaban J connectivity index is 1.26. The number of nitrogens with one attached hydrogen (secondary N) is 1. The molecule has 1 amide bonds. The highest BCUT2D eigenvalue weighted by molar-refractivity contribution is 7.21. The quantitative estimate of drug-likeness (QED) is 0.862. The lowest BCUT2D eigenvalue weighted by Crippen LogP contribution is -2.65. The number of ether oxygens (including phenoxy) is 1. The third-order valence-corrected chi connectivity index (χ3v) is 8.51. The van der Waals surface area contributed by atoms with Crippen LogP contribution in [0.4, 0.5) is 0 Å². The SMILES string of the molecule is O=C(N[C@H]1C2CCN(CC2)C12CC2)c1cc2cccc(OC3CCC3)c2s1. The summed E-state index contributed by atoms with van der Waals surface area (Å²) in [6.45, 7) is 2.45. The van der Waals surface area contributed by atoms with Crippen LogP contribution in [0.5, 0.6) is 5.75 Å². The van der Waals surface area contributed by atoms with E-state index >= 15 is 0 Å². The second kappa shape index (κ2) is 5.95. The molecule has 1 aromatic heterocycles. The van der Waals surface area contributed by atoms with E-state index in [0.29, 0.717) is 18.1 Å². The molecule has 1 spiro atoms. The number of benzene rings is 1. The number of fused-ring (bicyclic) bond motifs is 3. The Morgan fingerprint density at radius 1 is 1.19 bits per heavy atom. The van der Waals surface area contributed by atoms with Gasteiger partial charge in [0.1, 0.15) is 5.75 Å². The number of piperidine rings is 3. The Morgan fingerprint density at radius 3 is 2.70 bits per heavy atom. The maximum absolute atomic E-state index is 13.1. The van der Waals surface area contributed by atoms with Crippen molar-refractivity contribution in [3.05, 3.63) is 29.1 Å². The fourth-order valence-corrected chi connectivity index (χ4v) is 6.46. The number of carbonyl (C=O) groups is 1. The molecule has 4 heterocycles. The van der Waals surface area contributed by atoms with Gasteiger partial charge in [-0.3, -0.25) is 9.69 Å². The van der Waals surface area contributed by atoms with Gasteiger partial charge < -0.3 is 10.1 Å². The van der Waals surface area contributed by atoms with Crippen molar-refractivity contribution in [2.45, 2.75) is 62.6 Å². The van der Waals surface area contributed by atoms with E-state index in [9.17, 15) is 4.79 Å². The molecule has 3 aliphatic heterocycles. The Kier molecular flexibility index (Phi) is 3.61. The Labute approximate surface area is 163 Å². The fourth-order valence-electron chi connectivity index (χ4n) is 5.44. The molecule has 2 aliphatic carbocycles.